The van der Waals surface area contributed by atoms with Gasteiger partial charge in [0.2, 0.25) is 0 Å². The summed E-state index contributed by atoms with van der Waals surface area (Å²) in [6.45, 7) is 4.37. The molecule has 0 radical (unpaired) electrons. The van der Waals surface area contributed by atoms with Crippen LogP contribution in [0.1, 0.15) is 187 Å². The van der Waals surface area contributed by atoms with Crippen molar-refractivity contribution < 1.29 is 42.1 Å². The maximum absolute atomic E-state index is 12.7. The summed E-state index contributed by atoms with van der Waals surface area (Å²) in [5, 5.41) is 0. The van der Waals surface area contributed by atoms with Crippen molar-refractivity contribution in [2.45, 2.75) is 193 Å². The molecule has 0 bridgehead atoms. The second-order valence-electron chi connectivity index (χ2n) is 16.1. The number of hydrogen-bond donors (Lipinski definition) is 1. The van der Waals surface area contributed by atoms with Gasteiger partial charge in [0.1, 0.15) is 19.8 Å². The number of nitrogens with zero attached hydrogens (tertiary/aromatic N) is 1. The molecule has 1 N–H and O–H groups in total. The number of phosphoric acid groups is 1. The Bertz CT molecular complexity index is 1040. The monoisotopic (exact) mass is 799 g/mol. The van der Waals surface area contributed by atoms with Crippen LogP contribution in [-0.4, -0.2) is 74.9 Å². The van der Waals surface area contributed by atoms with Gasteiger partial charge in [-0.05, 0) is 70.6 Å². The molecule has 0 heterocycles. The van der Waals surface area contributed by atoms with E-state index in [1.807, 2.05) is 21.1 Å². The number of phosphoric ester groups is 1. The molecule has 0 amide bonds. The molecular weight excluding hydrogens is 713 g/mol. The lowest BCUT2D eigenvalue weighted by atomic mass is 10.1. The average Bonchev–Trinajstić information content (AvgIpc) is 3.13. The Hall–Kier alpha value is -1.77. The second kappa shape index (κ2) is 37.8. The maximum atomic E-state index is 12.7. The molecule has 0 aliphatic carbocycles. The van der Waals surface area contributed by atoms with E-state index < -0.39 is 26.5 Å². The zero-order valence-corrected chi connectivity index (χ0v) is 37.1. The smallest absolute Gasteiger partial charge is 0.462 e. The predicted octanol–water partition coefficient (Wildman–Crippen LogP) is 12.5. The number of carbonyl (C=O) groups is 2. The lowest BCUT2D eigenvalue weighted by Gasteiger charge is -2.24. The van der Waals surface area contributed by atoms with Crippen LogP contribution in [0.5, 0.6) is 0 Å². The number of hydrogen-bond acceptors (Lipinski definition) is 7. The Morgan fingerprint density at radius 1 is 0.564 bits per heavy atom. The third-order valence-electron chi connectivity index (χ3n) is 9.39. The van der Waals surface area contributed by atoms with E-state index in [1.54, 1.807) is 0 Å². The molecule has 0 aromatic rings. The fourth-order valence-corrected chi connectivity index (χ4v) is 6.60. The first-order valence-electron chi connectivity index (χ1n) is 22.2. The quantitative estimate of drug-likeness (QED) is 0.0215. The van der Waals surface area contributed by atoms with Gasteiger partial charge in [-0.25, -0.2) is 4.57 Å². The number of quaternary nitrogens is 1. The highest BCUT2D eigenvalue weighted by atomic mass is 31.2. The summed E-state index contributed by atoms with van der Waals surface area (Å²) < 4.78 is 34.3. The molecule has 1 unspecified atom stereocenters. The van der Waals surface area contributed by atoms with Crippen LogP contribution < -0.4 is 0 Å². The van der Waals surface area contributed by atoms with Crippen molar-refractivity contribution in [1.82, 2.24) is 0 Å². The van der Waals surface area contributed by atoms with Crippen LogP contribution in [0.4, 0.5) is 0 Å². The van der Waals surface area contributed by atoms with E-state index in [1.165, 1.54) is 83.5 Å². The standard InChI is InChI=1S/C45H84NO8P/c1-6-8-10-12-14-16-18-20-22-23-24-26-27-29-31-33-35-37-44(47)51-41-43(42-53-55(49,50)52-40-39-46(3,4)5)54-45(48)38-36-34-32-30-28-25-21-19-17-15-13-11-9-7-2/h14,16,19-22,43H,6-13,15,17-18,23-42H2,1-5H3/p+1/b16-14+,21-19+,22-20+/t43-/m1/s1. The van der Waals surface area contributed by atoms with Crippen LogP contribution in [0, 0.1) is 0 Å². The SMILES string of the molecule is CCCCC/C=C/C/C=C/CCCCCCCCCC(=O)OC[C@H](COP(=O)(O)OCC[N+](C)(C)C)OC(=O)CCCCCCC/C=C/CCCCCCC. The van der Waals surface area contributed by atoms with Crippen LogP contribution in [0.15, 0.2) is 36.5 Å². The zero-order valence-electron chi connectivity index (χ0n) is 36.2. The first kappa shape index (κ1) is 53.2. The van der Waals surface area contributed by atoms with Gasteiger partial charge in [-0.2, -0.15) is 0 Å². The molecule has 2 atom stereocenters. The summed E-state index contributed by atoms with van der Waals surface area (Å²) in [5.41, 5.74) is 0. The van der Waals surface area contributed by atoms with Gasteiger partial charge in [0.15, 0.2) is 6.10 Å². The number of likely N-dealkylation sites (N-methyl/N-ethyl adjacent to an activating group) is 1. The van der Waals surface area contributed by atoms with Gasteiger partial charge >= 0.3 is 19.8 Å². The third kappa shape index (κ3) is 41.7. The van der Waals surface area contributed by atoms with Crippen molar-refractivity contribution in [1.29, 1.82) is 0 Å². The molecule has 0 saturated carbocycles. The summed E-state index contributed by atoms with van der Waals surface area (Å²) in [6, 6.07) is 0. The summed E-state index contributed by atoms with van der Waals surface area (Å²) >= 11 is 0. The van der Waals surface area contributed by atoms with Crippen LogP contribution in [0.2, 0.25) is 0 Å². The highest BCUT2D eigenvalue weighted by molar-refractivity contribution is 7.47. The van der Waals surface area contributed by atoms with Gasteiger partial charge in [-0.3, -0.25) is 18.6 Å². The van der Waals surface area contributed by atoms with Crippen LogP contribution in [0.3, 0.4) is 0 Å². The van der Waals surface area contributed by atoms with Crippen LogP contribution >= 0.6 is 7.82 Å². The molecule has 55 heavy (non-hydrogen) atoms. The summed E-state index contributed by atoms with van der Waals surface area (Å²) in [5.74, 6) is -0.816. The predicted molar refractivity (Wildman–Crippen MR) is 229 cm³/mol. The summed E-state index contributed by atoms with van der Waals surface area (Å²) in [6.07, 6.45) is 41.8. The highest BCUT2D eigenvalue weighted by Crippen LogP contribution is 2.43. The topological polar surface area (TPSA) is 108 Å². The van der Waals surface area contributed by atoms with Gasteiger partial charge in [0.25, 0.3) is 0 Å². The maximum Gasteiger partial charge on any atom is 0.472 e. The van der Waals surface area contributed by atoms with E-state index >= 15 is 0 Å². The van der Waals surface area contributed by atoms with Crippen molar-refractivity contribution in [2.75, 3.05) is 47.5 Å². The highest BCUT2D eigenvalue weighted by Gasteiger charge is 2.27. The van der Waals surface area contributed by atoms with Gasteiger partial charge in [-0.1, -0.05) is 140 Å². The minimum absolute atomic E-state index is 0.0286. The molecule has 0 spiro atoms. The van der Waals surface area contributed by atoms with Crippen molar-refractivity contribution in [3.05, 3.63) is 36.5 Å². The zero-order chi connectivity index (χ0) is 40.7. The van der Waals surface area contributed by atoms with E-state index in [2.05, 4.69) is 50.3 Å². The molecule has 10 heteroatoms. The first-order valence-corrected chi connectivity index (χ1v) is 23.7. The summed E-state index contributed by atoms with van der Waals surface area (Å²) in [4.78, 5) is 35.3. The molecule has 0 aromatic heterocycles. The van der Waals surface area contributed by atoms with Crippen molar-refractivity contribution >= 4 is 19.8 Å². The number of rotatable bonds is 40. The minimum Gasteiger partial charge on any atom is -0.462 e. The van der Waals surface area contributed by atoms with E-state index in [0.29, 0.717) is 17.4 Å². The van der Waals surface area contributed by atoms with E-state index in [-0.39, 0.29) is 32.0 Å². The molecule has 0 saturated heterocycles. The molecule has 0 rings (SSSR count). The molecule has 0 aromatic carbocycles. The van der Waals surface area contributed by atoms with E-state index in [0.717, 1.165) is 70.6 Å². The van der Waals surface area contributed by atoms with Crippen molar-refractivity contribution in [2.24, 2.45) is 0 Å². The van der Waals surface area contributed by atoms with Crippen molar-refractivity contribution in [3.8, 4) is 0 Å². The van der Waals surface area contributed by atoms with Gasteiger partial charge < -0.3 is 18.9 Å². The average molecular weight is 799 g/mol. The van der Waals surface area contributed by atoms with Crippen LogP contribution in [0.25, 0.3) is 0 Å². The van der Waals surface area contributed by atoms with E-state index in [4.69, 9.17) is 18.5 Å². The minimum atomic E-state index is -4.38. The summed E-state index contributed by atoms with van der Waals surface area (Å²) in [7, 11) is 1.47. The first-order chi connectivity index (χ1) is 26.5. The molecular formula is C45H85NO8P+. The van der Waals surface area contributed by atoms with Gasteiger partial charge in [-0.15, -0.1) is 0 Å². The van der Waals surface area contributed by atoms with Crippen molar-refractivity contribution in [3.63, 3.8) is 0 Å². The number of unbranched alkanes of at least 4 members (excludes halogenated alkanes) is 20. The fourth-order valence-electron chi connectivity index (χ4n) is 5.86. The Morgan fingerprint density at radius 3 is 1.49 bits per heavy atom. The molecule has 9 nitrogen and oxygen atoms in total. The Kier molecular flexibility index (Phi) is 36.6. The number of esters is 2. The normalized spacial score (nSPS) is 13.9. The number of allylic oxidation sites excluding steroid dienone is 6. The third-order valence-corrected chi connectivity index (χ3v) is 10.4. The lowest BCUT2D eigenvalue weighted by Crippen LogP contribution is -2.37. The fraction of sp³-hybridized carbons (Fsp3) is 0.822. The van der Waals surface area contributed by atoms with Gasteiger partial charge in [0.05, 0.1) is 27.7 Å². The van der Waals surface area contributed by atoms with Gasteiger partial charge in [0, 0.05) is 12.8 Å². The largest absolute Gasteiger partial charge is 0.472 e. The molecule has 0 aliphatic heterocycles. The van der Waals surface area contributed by atoms with E-state index in [9.17, 15) is 19.0 Å². The lowest BCUT2D eigenvalue weighted by molar-refractivity contribution is -0.870. The number of ether oxygens (including phenoxy) is 2. The van der Waals surface area contributed by atoms with Crippen LogP contribution in [-0.2, 0) is 32.7 Å². The molecule has 0 fully saturated rings. The second-order valence-corrected chi connectivity index (χ2v) is 17.5. The molecule has 322 valence electrons. The Balaban J connectivity index is 4.37. The Labute approximate surface area is 338 Å². The Morgan fingerprint density at radius 2 is 0.982 bits per heavy atom. The number of carbonyl (C=O) groups excluding carboxylic acids is 2. The molecule has 0 aliphatic rings.